The standard InChI is InChI=1S/C15H19NO6S/c1-4-21-11-5-7-12(8-6-11)23-9-13(17)22-10(2)14(18)16-15(19)20-3/h5-8,10H,4,9H2,1-3H3,(H,16,18,19)/t10-/m0/s1. The number of hydrogen-bond acceptors (Lipinski definition) is 7. The lowest BCUT2D eigenvalue weighted by Gasteiger charge is -2.12. The number of nitrogens with one attached hydrogen (secondary N) is 1. The first-order valence-electron chi connectivity index (χ1n) is 6.90. The van der Waals surface area contributed by atoms with Gasteiger partial charge in [-0.1, -0.05) is 0 Å². The zero-order valence-electron chi connectivity index (χ0n) is 13.2. The van der Waals surface area contributed by atoms with Gasteiger partial charge in [-0.3, -0.25) is 14.9 Å². The van der Waals surface area contributed by atoms with Crippen molar-refractivity contribution in [2.45, 2.75) is 24.8 Å². The highest BCUT2D eigenvalue weighted by Crippen LogP contribution is 2.21. The Morgan fingerprint density at radius 2 is 1.87 bits per heavy atom. The van der Waals surface area contributed by atoms with Crippen LogP contribution in [0.2, 0.25) is 0 Å². The van der Waals surface area contributed by atoms with Gasteiger partial charge in [-0.05, 0) is 38.1 Å². The van der Waals surface area contributed by atoms with E-state index < -0.39 is 24.1 Å². The second-order valence-electron chi connectivity index (χ2n) is 4.31. The second kappa shape index (κ2) is 9.73. The highest BCUT2D eigenvalue weighted by molar-refractivity contribution is 8.00. The Kier molecular flexibility index (Phi) is 7.96. The molecule has 0 fully saturated rings. The van der Waals surface area contributed by atoms with Crippen molar-refractivity contribution >= 4 is 29.7 Å². The molecular formula is C15H19NO6S. The van der Waals surface area contributed by atoms with Gasteiger partial charge in [0.25, 0.3) is 5.91 Å². The van der Waals surface area contributed by atoms with Gasteiger partial charge in [-0.15, -0.1) is 11.8 Å². The number of hydrogen-bond donors (Lipinski definition) is 1. The predicted molar refractivity (Wildman–Crippen MR) is 84.4 cm³/mol. The maximum absolute atomic E-state index is 11.7. The van der Waals surface area contributed by atoms with Crippen molar-refractivity contribution < 1.29 is 28.6 Å². The normalized spacial score (nSPS) is 11.3. The molecule has 1 aromatic rings. The van der Waals surface area contributed by atoms with Gasteiger partial charge in [0.2, 0.25) is 0 Å². The summed E-state index contributed by atoms with van der Waals surface area (Å²) >= 11 is 1.27. The molecular weight excluding hydrogens is 322 g/mol. The average molecular weight is 341 g/mol. The van der Waals surface area contributed by atoms with E-state index in [1.54, 1.807) is 0 Å². The van der Waals surface area contributed by atoms with Crippen molar-refractivity contribution in [2.75, 3.05) is 19.5 Å². The third-order valence-electron chi connectivity index (χ3n) is 2.58. The highest BCUT2D eigenvalue weighted by Gasteiger charge is 2.20. The monoisotopic (exact) mass is 341 g/mol. The molecule has 1 aromatic carbocycles. The molecule has 0 aliphatic carbocycles. The molecule has 0 unspecified atom stereocenters. The Hall–Kier alpha value is -2.22. The number of esters is 1. The van der Waals surface area contributed by atoms with Crippen LogP contribution in [0.1, 0.15) is 13.8 Å². The minimum atomic E-state index is -1.08. The van der Waals surface area contributed by atoms with Crippen LogP contribution in [0.3, 0.4) is 0 Å². The van der Waals surface area contributed by atoms with Gasteiger partial charge in [0, 0.05) is 4.90 Å². The number of amides is 2. The molecule has 0 saturated carbocycles. The fraction of sp³-hybridized carbons (Fsp3) is 0.400. The van der Waals surface area contributed by atoms with E-state index in [-0.39, 0.29) is 5.75 Å². The number of rotatable bonds is 7. The minimum Gasteiger partial charge on any atom is -0.494 e. The molecule has 1 rings (SSSR count). The predicted octanol–water partition coefficient (Wildman–Crippen LogP) is 1.99. The van der Waals surface area contributed by atoms with Crippen LogP contribution in [0, 0.1) is 0 Å². The Morgan fingerprint density at radius 1 is 1.22 bits per heavy atom. The summed E-state index contributed by atoms with van der Waals surface area (Å²) in [4.78, 5) is 35.0. The third-order valence-corrected chi connectivity index (χ3v) is 3.57. The summed E-state index contributed by atoms with van der Waals surface area (Å²) in [7, 11) is 1.13. The molecule has 8 heteroatoms. The summed E-state index contributed by atoms with van der Waals surface area (Å²) in [5.41, 5.74) is 0. The van der Waals surface area contributed by atoms with E-state index in [0.717, 1.165) is 17.8 Å². The van der Waals surface area contributed by atoms with Crippen LogP contribution in [-0.2, 0) is 19.1 Å². The smallest absolute Gasteiger partial charge is 0.413 e. The first kappa shape index (κ1) is 18.8. The zero-order chi connectivity index (χ0) is 17.2. The van der Waals surface area contributed by atoms with Crippen molar-refractivity contribution in [3.05, 3.63) is 24.3 Å². The quantitative estimate of drug-likeness (QED) is 0.599. The van der Waals surface area contributed by atoms with E-state index in [2.05, 4.69) is 4.74 Å². The van der Waals surface area contributed by atoms with Gasteiger partial charge in [0.1, 0.15) is 5.75 Å². The van der Waals surface area contributed by atoms with Gasteiger partial charge in [0.15, 0.2) is 6.10 Å². The molecule has 126 valence electrons. The van der Waals surface area contributed by atoms with Gasteiger partial charge in [-0.25, -0.2) is 4.79 Å². The first-order valence-corrected chi connectivity index (χ1v) is 7.88. The fourth-order valence-electron chi connectivity index (χ4n) is 1.48. The SMILES string of the molecule is CCOc1ccc(SCC(=O)O[C@@H](C)C(=O)NC(=O)OC)cc1. The van der Waals surface area contributed by atoms with Crippen LogP contribution in [0.4, 0.5) is 4.79 Å². The molecule has 7 nitrogen and oxygen atoms in total. The Labute approximate surface area is 138 Å². The maximum Gasteiger partial charge on any atom is 0.413 e. The molecule has 0 bridgehead atoms. The first-order chi connectivity index (χ1) is 11.0. The van der Waals surface area contributed by atoms with Crippen LogP contribution in [0.25, 0.3) is 0 Å². The van der Waals surface area contributed by atoms with Gasteiger partial charge >= 0.3 is 12.1 Å². The van der Waals surface area contributed by atoms with E-state index in [1.807, 2.05) is 36.5 Å². The van der Waals surface area contributed by atoms with Crippen molar-refractivity contribution in [3.8, 4) is 5.75 Å². The van der Waals surface area contributed by atoms with Crippen LogP contribution >= 0.6 is 11.8 Å². The van der Waals surface area contributed by atoms with E-state index in [0.29, 0.717) is 6.61 Å². The summed E-state index contributed by atoms with van der Waals surface area (Å²) in [5, 5.41) is 1.93. The molecule has 0 radical (unpaired) electrons. The van der Waals surface area contributed by atoms with E-state index in [4.69, 9.17) is 9.47 Å². The average Bonchev–Trinajstić information content (AvgIpc) is 2.54. The number of carbonyl (C=O) groups is 3. The molecule has 0 saturated heterocycles. The summed E-state index contributed by atoms with van der Waals surface area (Å²) < 4.78 is 14.5. The van der Waals surface area contributed by atoms with E-state index in [9.17, 15) is 14.4 Å². The van der Waals surface area contributed by atoms with Crippen molar-refractivity contribution in [1.29, 1.82) is 0 Å². The molecule has 1 N–H and O–H groups in total. The Bertz CT molecular complexity index is 545. The molecule has 2 amide bonds. The van der Waals surface area contributed by atoms with E-state index in [1.165, 1.54) is 18.7 Å². The third kappa shape index (κ3) is 7.05. The zero-order valence-corrected chi connectivity index (χ0v) is 14.0. The number of thioether (sulfide) groups is 1. The minimum absolute atomic E-state index is 0.0455. The maximum atomic E-state index is 11.7. The Morgan fingerprint density at radius 3 is 2.43 bits per heavy atom. The van der Waals surface area contributed by atoms with Crippen LogP contribution in [0.15, 0.2) is 29.2 Å². The number of benzene rings is 1. The Balaban J connectivity index is 2.38. The molecule has 23 heavy (non-hydrogen) atoms. The molecule has 0 aromatic heterocycles. The van der Waals surface area contributed by atoms with Gasteiger partial charge in [-0.2, -0.15) is 0 Å². The van der Waals surface area contributed by atoms with Crippen molar-refractivity contribution in [3.63, 3.8) is 0 Å². The number of carbonyl (C=O) groups excluding carboxylic acids is 3. The largest absolute Gasteiger partial charge is 0.494 e. The van der Waals surface area contributed by atoms with Gasteiger partial charge < -0.3 is 14.2 Å². The van der Waals surface area contributed by atoms with Crippen molar-refractivity contribution in [2.24, 2.45) is 0 Å². The molecule has 0 spiro atoms. The molecule has 0 heterocycles. The lowest BCUT2D eigenvalue weighted by Crippen LogP contribution is -2.39. The van der Waals surface area contributed by atoms with Gasteiger partial charge in [0.05, 0.1) is 19.5 Å². The molecule has 0 aliphatic rings. The van der Waals surface area contributed by atoms with Crippen LogP contribution in [-0.4, -0.2) is 43.5 Å². The summed E-state index contributed by atoms with van der Waals surface area (Å²) in [6.07, 6.45) is -1.98. The lowest BCUT2D eigenvalue weighted by molar-refractivity contribution is -0.152. The fourth-order valence-corrected chi connectivity index (χ4v) is 2.16. The summed E-state index contributed by atoms with van der Waals surface area (Å²) in [5.74, 6) is -0.496. The van der Waals surface area contributed by atoms with E-state index >= 15 is 0 Å². The lowest BCUT2D eigenvalue weighted by atomic mass is 10.3. The molecule has 1 atom stereocenters. The topological polar surface area (TPSA) is 90.9 Å². The number of ether oxygens (including phenoxy) is 3. The highest BCUT2D eigenvalue weighted by atomic mass is 32.2. The number of imide groups is 1. The number of methoxy groups -OCH3 is 1. The summed E-state index contributed by atoms with van der Waals surface area (Å²) in [6.45, 7) is 3.86. The number of alkyl carbamates (subject to hydrolysis) is 1. The second-order valence-corrected chi connectivity index (χ2v) is 5.35. The summed E-state index contributed by atoms with van der Waals surface area (Å²) in [6, 6.07) is 7.28. The molecule has 0 aliphatic heterocycles. The van der Waals surface area contributed by atoms with Crippen LogP contribution in [0.5, 0.6) is 5.75 Å². The van der Waals surface area contributed by atoms with Crippen molar-refractivity contribution in [1.82, 2.24) is 5.32 Å². The van der Waals surface area contributed by atoms with Crippen LogP contribution < -0.4 is 10.1 Å².